The van der Waals surface area contributed by atoms with Crippen LogP contribution in [0.3, 0.4) is 0 Å². The highest BCUT2D eigenvalue weighted by Crippen LogP contribution is 2.19. The predicted octanol–water partition coefficient (Wildman–Crippen LogP) is 0.790. The molecule has 21 heavy (non-hydrogen) atoms. The lowest BCUT2D eigenvalue weighted by Gasteiger charge is -2.07. The van der Waals surface area contributed by atoms with Crippen molar-refractivity contribution in [3.05, 3.63) is 34.7 Å². The van der Waals surface area contributed by atoms with Gasteiger partial charge in [0.05, 0.1) is 0 Å². The maximum absolute atomic E-state index is 11.5. The summed E-state index contributed by atoms with van der Waals surface area (Å²) in [5, 5.41) is 11.2. The molecule has 8 heteroatoms. The van der Waals surface area contributed by atoms with Crippen molar-refractivity contribution in [3.8, 4) is 5.75 Å². The van der Waals surface area contributed by atoms with Gasteiger partial charge >= 0.3 is 11.9 Å². The van der Waals surface area contributed by atoms with Crippen molar-refractivity contribution in [1.82, 2.24) is 0 Å². The average Bonchev–Trinajstić information content (AvgIpc) is 2.47. The molecular weight excluding hydrogens is 280 g/mol. The molecule has 0 aliphatic carbocycles. The monoisotopic (exact) mass is 294 g/mol. The third-order valence-corrected chi connectivity index (χ3v) is 2.67. The zero-order chi connectivity index (χ0) is 15.8. The van der Waals surface area contributed by atoms with Crippen molar-refractivity contribution in [2.45, 2.75) is 24.9 Å². The molecule has 0 saturated heterocycles. The molecule has 1 unspecified atom stereocenters. The highest BCUT2D eigenvalue weighted by Gasteiger charge is 2.15. The zero-order valence-corrected chi connectivity index (χ0v) is 11.0. The van der Waals surface area contributed by atoms with Gasteiger partial charge in [0, 0.05) is 6.42 Å². The Kier molecular flexibility index (Phi) is 6.15. The zero-order valence-electron chi connectivity index (χ0n) is 11.0. The number of nitroso groups, excluding NO2 is 1. The van der Waals surface area contributed by atoms with Crippen LogP contribution in [0.4, 0.5) is 0 Å². The molecule has 3 N–H and O–H groups in total. The van der Waals surface area contributed by atoms with Gasteiger partial charge in [-0.2, -0.15) is 0 Å². The number of aliphatic carboxylic acids is 1. The molecule has 2 atom stereocenters. The van der Waals surface area contributed by atoms with Crippen LogP contribution < -0.4 is 10.5 Å². The van der Waals surface area contributed by atoms with Gasteiger partial charge in [0.25, 0.3) is 0 Å². The number of hydrogen-bond acceptors (Lipinski definition) is 7. The molecule has 0 spiro atoms. The number of carboxylic acids is 1. The first-order valence-electron chi connectivity index (χ1n) is 6.04. The number of nitrogens with two attached hydrogens (primary N) is 1. The first kappa shape index (κ1) is 16.4. The Bertz CT molecular complexity index is 520. The second-order valence-electron chi connectivity index (χ2n) is 4.21. The molecule has 0 aromatic heterocycles. The Morgan fingerprint density at radius 1 is 1.33 bits per heavy atom. The fraction of sp³-hybridized carbons (Fsp3) is 0.308. The summed E-state index contributed by atoms with van der Waals surface area (Å²) in [7, 11) is 0. The molecule has 112 valence electrons. The summed E-state index contributed by atoms with van der Waals surface area (Å²) in [6.45, 7) is 0. The summed E-state index contributed by atoms with van der Waals surface area (Å²) in [4.78, 5) is 42.9. The van der Waals surface area contributed by atoms with Crippen LogP contribution in [-0.2, 0) is 14.4 Å². The third kappa shape index (κ3) is 5.11. The lowest BCUT2D eigenvalue weighted by Crippen LogP contribution is -2.31. The van der Waals surface area contributed by atoms with E-state index in [2.05, 4.69) is 5.18 Å². The molecule has 0 amide bonds. The van der Waals surface area contributed by atoms with Gasteiger partial charge in [-0.25, -0.2) is 0 Å². The molecule has 1 aromatic carbocycles. The summed E-state index contributed by atoms with van der Waals surface area (Å²) in [6.07, 6.45) is 0.234. The van der Waals surface area contributed by atoms with Gasteiger partial charge in [0.1, 0.15) is 11.8 Å². The van der Waals surface area contributed by atoms with Gasteiger partial charge in [0.2, 0.25) is 0 Å². The molecule has 1 rings (SSSR count). The number of aldehydes is 1. The van der Waals surface area contributed by atoms with Gasteiger partial charge in [-0.15, -0.1) is 4.91 Å². The maximum atomic E-state index is 11.5. The Morgan fingerprint density at radius 3 is 2.43 bits per heavy atom. The van der Waals surface area contributed by atoms with Crippen molar-refractivity contribution in [1.29, 1.82) is 0 Å². The van der Waals surface area contributed by atoms with Crippen molar-refractivity contribution >= 4 is 18.2 Å². The lowest BCUT2D eigenvalue weighted by molar-refractivity contribution is -0.139. The van der Waals surface area contributed by atoms with E-state index in [4.69, 9.17) is 15.6 Å². The van der Waals surface area contributed by atoms with Crippen molar-refractivity contribution < 1.29 is 24.2 Å². The third-order valence-electron chi connectivity index (χ3n) is 2.67. The summed E-state index contributed by atoms with van der Waals surface area (Å²) < 4.78 is 4.96. The first-order valence-corrected chi connectivity index (χ1v) is 6.04. The van der Waals surface area contributed by atoms with Crippen molar-refractivity contribution in [2.75, 3.05) is 0 Å². The van der Waals surface area contributed by atoms with E-state index in [1.165, 1.54) is 24.3 Å². The summed E-state index contributed by atoms with van der Waals surface area (Å²) in [5.74, 6) is -1.60. The molecule has 0 aliphatic heterocycles. The van der Waals surface area contributed by atoms with E-state index in [1.807, 2.05) is 0 Å². The smallest absolute Gasteiger partial charge is 0.320 e. The molecular formula is C13H14N2O6. The Morgan fingerprint density at radius 2 is 1.95 bits per heavy atom. The quantitative estimate of drug-likeness (QED) is 0.313. The minimum Gasteiger partial charge on any atom is -0.480 e. The van der Waals surface area contributed by atoms with E-state index in [1.54, 1.807) is 0 Å². The van der Waals surface area contributed by atoms with Crippen molar-refractivity contribution in [2.24, 2.45) is 10.9 Å². The van der Waals surface area contributed by atoms with Crippen LogP contribution in [0.1, 0.15) is 24.4 Å². The number of ether oxygens (including phenoxy) is 1. The standard InChI is InChI=1S/C13H14N2O6/c14-10(13(18)19)5-6-12(17)21-9-3-1-8(2-4-9)11(7-16)15-20/h1-4,7,10-11H,5-6,14H2,(H,18,19)/t10-,11?/m1/s1. The molecule has 0 bridgehead atoms. The minimum atomic E-state index is -1.19. The van der Waals surface area contributed by atoms with Crippen LogP contribution in [0, 0.1) is 4.91 Å². The number of carbonyl (C=O) groups excluding carboxylic acids is 2. The van der Waals surface area contributed by atoms with E-state index in [0.717, 1.165) is 0 Å². The number of rotatable bonds is 8. The van der Waals surface area contributed by atoms with Gasteiger partial charge in [-0.3, -0.25) is 9.59 Å². The Hall–Kier alpha value is -2.61. The largest absolute Gasteiger partial charge is 0.480 e. The summed E-state index contributed by atoms with van der Waals surface area (Å²) in [6, 6.07) is 3.48. The van der Waals surface area contributed by atoms with Crippen LogP contribution in [-0.4, -0.2) is 29.4 Å². The highest BCUT2D eigenvalue weighted by atomic mass is 16.5. The molecule has 1 aromatic rings. The molecule has 0 radical (unpaired) electrons. The number of hydrogen-bond donors (Lipinski definition) is 2. The van der Waals surface area contributed by atoms with Gasteiger partial charge in [-0.05, 0) is 24.1 Å². The topological polar surface area (TPSA) is 136 Å². The Balaban J connectivity index is 2.55. The second kappa shape index (κ2) is 7.85. The molecule has 0 saturated carbocycles. The molecule has 0 heterocycles. The van der Waals surface area contributed by atoms with E-state index in [0.29, 0.717) is 11.8 Å². The van der Waals surface area contributed by atoms with E-state index >= 15 is 0 Å². The maximum Gasteiger partial charge on any atom is 0.320 e. The first-order chi connectivity index (χ1) is 9.97. The van der Waals surface area contributed by atoms with Crippen LogP contribution in [0.2, 0.25) is 0 Å². The molecule has 8 nitrogen and oxygen atoms in total. The lowest BCUT2D eigenvalue weighted by atomic mass is 10.1. The number of carboxylic acid groups (broad SMARTS) is 1. The second-order valence-corrected chi connectivity index (χ2v) is 4.21. The summed E-state index contributed by atoms with van der Waals surface area (Å²) >= 11 is 0. The SMILES string of the molecule is N[C@H](CCC(=O)Oc1ccc(C(C=O)N=O)cc1)C(=O)O. The molecule has 0 aliphatic rings. The van der Waals surface area contributed by atoms with Gasteiger partial charge in [0.15, 0.2) is 12.3 Å². The number of carbonyl (C=O) groups is 3. The fourth-order valence-corrected chi connectivity index (χ4v) is 1.48. The fourth-order valence-electron chi connectivity index (χ4n) is 1.48. The van der Waals surface area contributed by atoms with E-state index in [-0.39, 0.29) is 18.6 Å². The minimum absolute atomic E-state index is 0.0332. The van der Waals surface area contributed by atoms with Gasteiger partial charge in [-0.1, -0.05) is 17.3 Å². The van der Waals surface area contributed by atoms with Crippen LogP contribution in [0.15, 0.2) is 29.4 Å². The predicted molar refractivity (Wildman–Crippen MR) is 71.5 cm³/mol. The number of esters is 1. The highest BCUT2D eigenvalue weighted by molar-refractivity contribution is 5.76. The van der Waals surface area contributed by atoms with Crippen molar-refractivity contribution in [3.63, 3.8) is 0 Å². The van der Waals surface area contributed by atoms with Gasteiger partial charge < -0.3 is 20.4 Å². The van der Waals surface area contributed by atoms with Crippen LogP contribution in [0.25, 0.3) is 0 Å². The normalized spacial score (nSPS) is 13.0. The average molecular weight is 294 g/mol. The Labute approximate surface area is 119 Å². The number of nitrogens with zero attached hydrogens (tertiary/aromatic N) is 1. The van der Waals surface area contributed by atoms with Crippen LogP contribution >= 0.6 is 0 Å². The summed E-state index contributed by atoms with van der Waals surface area (Å²) in [5.41, 5.74) is 5.64. The van der Waals surface area contributed by atoms with Crippen LogP contribution in [0.5, 0.6) is 5.75 Å². The number of benzene rings is 1. The molecule has 0 fully saturated rings. The van der Waals surface area contributed by atoms with E-state index < -0.39 is 24.0 Å². The van der Waals surface area contributed by atoms with E-state index in [9.17, 15) is 19.3 Å².